The summed E-state index contributed by atoms with van der Waals surface area (Å²) in [6.07, 6.45) is 5.38. The number of nitrogens with zero attached hydrogens (tertiary/aromatic N) is 5. The minimum Gasteiger partial charge on any atom is -0.341 e. The second kappa shape index (κ2) is 6.90. The fourth-order valence-corrected chi connectivity index (χ4v) is 3.42. The number of rotatable bonds is 6. The van der Waals surface area contributed by atoms with Crippen molar-refractivity contribution in [1.82, 2.24) is 29.7 Å². The lowest BCUT2D eigenvalue weighted by Crippen LogP contribution is -2.01. The highest BCUT2D eigenvalue weighted by molar-refractivity contribution is 7.98. The number of aromatic nitrogens is 6. The molecule has 0 amide bonds. The molecule has 1 N–H and O–H groups in total. The van der Waals surface area contributed by atoms with Crippen LogP contribution in [0.3, 0.4) is 0 Å². The van der Waals surface area contributed by atoms with Gasteiger partial charge >= 0.3 is 0 Å². The normalized spacial score (nSPS) is 11.0. The van der Waals surface area contributed by atoms with Gasteiger partial charge in [0.05, 0.1) is 16.8 Å². The summed E-state index contributed by atoms with van der Waals surface area (Å²) < 4.78 is 2.04. The molecular weight excluding hydrogens is 332 g/mol. The molecule has 0 saturated heterocycles. The molecule has 124 valence electrons. The summed E-state index contributed by atoms with van der Waals surface area (Å²) >= 11 is 1.60. The second-order valence-corrected chi connectivity index (χ2v) is 6.38. The minimum absolute atomic E-state index is 0.639. The summed E-state index contributed by atoms with van der Waals surface area (Å²) in [7, 11) is 0. The number of para-hydroxylation sites is 2. The van der Waals surface area contributed by atoms with Crippen LogP contribution in [-0.4, -0.2) is 29.7 Å². The number of H-pyrrole nitrogens is 1. The Morgan fingerprint density at radius 2 is 2.08 bits per heavy atom. The second-order valence-electron chi connectivity index (χ2n) is 5.44. The Kier molecular flexibility index (Phi) is 4.30. The molecule has 0 fully saturated rings. The SMILES string of the molecule is C=CCn1c(SCc2nc3ccccc3[nH]2)nnc1-c1cccnc1. The molecule has 0 aliphatic heterocycles. The summed E-state index contributed by atoms with van der Waals surface area (Å²) in [6.45, 7) is 4.48. The number of benzene rings is 1. The first-order valence-electron chi connectivity index (χ1n) is 7.86. The van der Waals surface area contributed by atoms with Crippen LogP contribution in [0.2, 0.25) is 0 Å². The Hall–Kier alpha value is -2.93. The van der Waals surface area contributed by atoms with Crippen molar-refractivity contribution in [2.45, 2.75) is 17.5 Å². The van der Waals surface area contributed by atoms with Gasteiger partial charge in [0.1, 0.15) is 5.82 Å². The van der Waals surface area contributed by atoms with Gasteiger partial charge in [-0.15, -0.1) is 16.8 Å². The van der Waals surface area contributed by atoms with E-state index in [4.69, 9.17) is 0 Å². The maximum absolute atomic E-state index is 4.60. The lowest BCUT2D eigenvalue weighted by atomic mass is 10.3. The number of pyridine rings is 1. The molecule has 3 heterocycles. The van der Waals surface area contributed by atoms with E-state index in [0.717, 1.165) is 33.4 Å². The average Bonchev–Trinajstić information content (AvgIpc) is 3.24. The topological polar surface area (TPSA) is 72.3 Å². The van der Waals surface area contributed by atoms with E-state index in [1.54, 1.807) is 24.2 Å². The van der Waals surface area contributed by atoms with Gasteiger partial charge in [0.2, 0.25) is 0 Å². The summed E-state index contributed by atoms with van der Waals surface area (Å²) in [6, 6.07) is 11.9. The minimum atomic E-state index is 0.639. The van der Waals surface area contributed by atoms with Crippen molar-refractivity contribution in [3.8, 4) is 11.4 Å². The number of hydrogen-bond acceptors (Lipinski definition) is 5. The lowest BCUT2D eigenvalue weighted by molar-refractivity contribution is 0.730. The predicted octanol–water partition coefficient (Wildman–Crippen LogP) is 3.69. The maximum Gasteiger partial charge on any atom is 0.192 e. The van der Waals surface area contributed by atoms with Crippen molar-refractivity contribution in [3.05, 3.63) is 67.3 Å². The number of aromatic amines is 1. The molecule has 1 aromatic carbocycles. The molecule has 0 unspecified atom stereocenters. The molecule has 3 aromatic heterocycles. The molecule has 0 aliphatic carbocycles. The first kappa shape index (κ1) is 15.6. The van der Waals surface area contributed by atoms with Crippen LogP contribution in [-0.2, 0) is 12.3 Å². The van der Waals surface area contributed by atoms with Crippen LogP contribution in [0, 0.1) is 0 Å². The summed E-state index contributed by atoms with van der Waals surface area (Å²) in [5, 5.41) is 9.51. The Labute approximate surface area is 149 Å². The Morgan fingerprint density at radius 1 is 1.16 bits per heavy atom. The first-order chi connectivity index (χ1) is 12.3. The monoisotopic (exact) mass is 348 g/mol. The van der Waals surface area contributed by atoms with Crippen molar-refractivity contribution in [2.75, 3.05) is 0 Å². The van der Waals surface area contributed by atoms with Crippen LogP contribution in [0.1, 0.15) is 5.82 Å². The molecule has 25 heavy (non-hydrogen) atoms. The van der Waals surface area contributed by atoms with Gasteiger partial charge in [-0.1, -0.05) is 30.0 Å². The zero-order chi connectivity index (χ0) is 17.1. The van der Waals surface area contributed by atoms with E-state index in [1.807, 2.05) is 47.0 Å². The third kappa shape index (κ3) is 3.18. The summed E-state index contributed by atoms with van der Waals surface area (Å²) in [5.41, 5.74) is 2.95. The van der Waals surface area contributed by atoms with Gasteiger partial charge in [-0.2, -0.15) is 0 Å². The fraction of sp³-hybridized carbons (Fsp3) is 0.111. The van der Waals surface area contributed by atoms with Crippen LogP contribution in [0.4, 0.5) is 0 Å². The summed E-state index contributed by atoms with van der Waals surface area (Å²) in [4.78, 5) is 12.1. The van der Waals surface area contributed by atoms with Gasteiger partial charge in [0.25, 0.3) is 0 Å². The summed E-state index contributed by atoms with van der Waals surface area (Å²) in [5.74, 6) is 2.40. The highest BCUT2D eigenvalue weighted by Crippen LogP contribution is 2.26. The average molecular weight is 348 g/mol. The van der Waals surface area contributed by atoms with E-state index in [1.165, 1.54) is 0 Å². The van der Waals surface area contributed by atoms with Gasteiger partial charge in [-0.3, -0.25) is 9.55 Å². The molecule has 0 saturated carbocycles. The van der Waals surface area contributed by atoms with Gasteiger partial charge in [0, 0.05) is 24.5 Å². The lowest BCUT2D eigenvalue weighted by Gasteiger charge is -2.06. The maximum atomic E-state index is 4.60. The van der Waals surface area contributed by atoms with E-state index in [-0.39, 0.29) is 0 Å². The molecule has 6 nitrogen and oxygen atoms in total. The van der Waals surface area contributed by atoms with E-state index in [9.17, 15) is 0 Å². The van der Waals surface area contributed by atoms with Crippen molar-refractivity contribution in [1.29, 1.82) is 0 Å². The van der Waals surface area contributed by atoms with Gasteiger partial charge in [-0.25, -0.2) is 4.98 Å². The van der Waals surface area contributed by atoms with Crippen molar-refractivity contribution in [2.24, 2.45) is 0 Å². The van der Waals surface area contributed by atoms with E-state index in [0.29, 0.717) is 12.3 Å². The molecule has 4 aromatic rings. The zero-order valence-electron chi connectivity index (χ0n) is 13.5. The van der Waals surface area contributed by atoms with Crippen LogP contribution in [0.15, 0.2) is 66.6 Å². The number of fused-ring (bicyclic) bond motifs is 1. The van der Waals surface area contributed by atoms with Crippen molar-refractivity contribution >= 4 is 22.8 Å². The van der Waals surface area contributed by atoms with E-state index < -0.39 is 0 Å². The standard InChI is InChI=1S/C18H16N6S/c1-2-10-24-17(13-6-5-9-19-11-13)22-23-18(24)25-12-16-20-14-7-3-4-8-15(14)21-16/h2-9,11H,1,10,12H2,(H,20,21). The van der Waals surface area contributed by atoms with Gasteiger partial charge < -0.3 is 4.98 Å². The van der Waals surface area contributed by atoms with Crippen LogP contribution >= 0.6 is 11.8 Å². The third-order valence-corrected chi connectivity index (χ3v) is 4.70. The number of thioether (sulfide) groups is 1. The quantitative estimate of drug-likeness (QED) is 0.425. The number of imidazole rings is 1. The Morgan fingerprint density at radius 3 is 2.88 bits per heavy atom. The predicted molar refractivity (Wildman–Crippen MR) is 99.1 cm³/mol. The molecule has 0 spiro atoms. The molecule has 7 heteroatoms. The van der Waals surface area contributed by atoms with Crippen LogP contribution in [0.25, 0.3) is 22.4 Å². The third-order valence-electron chi connectivity index (χ3n) is 3.72. The Bertz CT molecular complexity index is 972. The highest BCUT2D eigenvalue weighted by atomic mass is 32.2. The first-order valence-corrected chi connectivity index (χ1v) is 8.84. The molecule has 4 rings (SSSR count). The number of allylic oxidation sites excluding steroid dienone is 1. The smallest absolute Gasteiger partial charge is 0.192 e. The van der Waals surface area contributed by atoms with Crippen LogP contribution in [0.5, 0.6) is 0 Å². The largest absolute Gasteiger partial charge is 0.341 e. The van der Waals surface area contributed by atoms with Gasteiger partial charge in [0.15, 0.2) is 11.0 Å². The van der Waals surface area contributed by atoms with Crippen molar-refractivity contribution < 1.29 is 0 Å². The van der Waals surface area contributed by atoms with Crippen LogP contribution < -0.4 is 0 Å². The molecule has 0 bridgehead atoms. The molecular formula is C18H16N6S. The van der Waals surface area contributed by atoms with E-state index in [2.05, 4.69) is 31.7 Å². The zero-order valence-corrected chi connectivity index (χ0v) is 14.3. The highest BCUT2D eigenvalue weighted by Gasteiger charge is 2.14. The van der Waals surface area contributed by atoms with Crippen molar-refractivity contribution in [3.63, 3.8) is 0 Å². The molecule has 0 aliphatic rings. The van der Waals surface area contributed by atoms with Gasteiger partial charge in [-0.05, 0) is 24.3 Å². The number of nitrogens with one attached hydrogen (secondary N) is 1. The van der Waals surface area contributed by atoms with E-state index >= 15 is 0 Å². The Balaban J connectivity index is 1.59. The molecule has 0 radical (unpaired) electrons. The fourth-order valence-electron chi connectivity index (χ4n) is 2.60. The molecule has 0 atom stereocenters. The number of hydrogen-bond donors (Lipinski definition) is 1.